The average molecular weight is 371 g/mol. The molecule has 1 aromatic carbocycles. The third-order valence-corrected chi connectivity index (χ3v) is 6.12. The molecule has 0 saturated carbocycles. The maximum atomic E-state index is 10.4. The van der Waals surface area contributed by atoms with Crippen molar-refractivity contribution in [2.24, 2.45) is 0 Å². The Bertz CT molecular complexity index is 793. The van der Waals surface area contributed by atoms with Crippen molar-refractivity contribution in [3.63, 3.8) is 0 Å². The molecule has 0 radical (unpaired) electrons. The number of nitrogens with zero attached hydrogens (tertiary/aromatic N) is 3. The summed E-state index contributed by atoms with van der Waals surface area (Å²) >= 11 is 0. The predicted octanol–water partition coefficient (Wildman–Crippen LogP) is 2.05. The van der Waals surface area contributed by atoms with Gasteiger partial charge in [-0.1, -0.05) is 18.2 Å². The number of likely N-dealkylation sites (tertiary alicyclic amines) is 1. The van der Waals surface area contributed by atoms with Crippen LogP contribution in [0.5, 0.6) is 0 Å². The smallest absolute Gasteiger partial charge is 0.106 e. The molecule has 146 valence electrons. The van der Waals surface area contributed by atoms with Crippen LogP contribution in [0.25, 0.3) is 5.69 Å². The second-order valence-electron chi connectivity index (χ2n) is 8.40. The van der Waals surface area contributed by atoms with E-state index in [1.807, 2.05) is 23.0 Å². The van der Waals surface area contributed by atoms with Crippen LogP contribution >= 0.6 is 0 Å². The second kappa shape index (κ2) is 7.02. The quantitative estimate of drug-likeness (QED) is 0.864. The Balaban J connectivity index is 1.37. The van der Waals surface area contributed by atoms with Gasteiger partial charge in [-0.25, -0.2) is 4.68 Å². The van der Waals surface area contributed by atoms with Crippen molar-refractivity contribution in [3.05, 3.63) is 47.8 Å². The zero-order valence-corrected chi connectivity index (χ0v) is 16.1. The number of aliphatic hydroxyl groups excluding tert-OH is 1. The fraction of sp³-hybridized carbons (Fsp3) is 0.571. The first-order valence-corrected chi connectivity index (χ1v) is 9.73. The van der Waals surface area contributed by atoms with E-state index < -0.39 is 11.7 Å². The first-order chi connectivity index (χ1) is 12.9. The molecule has 1 spiro atoms. The van der Waals surface area contributed by atoms with Crippen LogP contribution in [0, 0.1) is 6.92 Å². The molecule has 27 heavy (non-hydrogen) atoms. The van der Waals surface area contributed by atoms with Gasteiger partial charge < -0.3 is 14.9 Å². The standard InChI is InChI=1S/C21H29N3O3/c1-16-5-3-4-6-18(16)24-13-17(11-22-24)12-23-9-7-21(8-10-23)15-20(2,26)19(25)14-27-21/h3-6,11,13,19,25-26H,7-10,12,14-15H2,1-2H3/t19-,20-/m0/s1. The van der Waals surface area contributed by atoms with Crippen LogP contribution in [0.1, 0.15) is 37.3 Å². The molecule has 2 aliphatic heterocycles. The van der Waals surface area contributed by atoms with Gasteiger partial charge in [0.15, 0.2) is 0 Å². The normalized spacial score (nSPS) is 28.5. The molecule has 0 bridgehead atoms. The van der Waals surface area contributed by atoms with Crippen LogP contribution in [-0.2, 0) is 11.3 Å². The van der Waals surface area contributed by atoms with Crippen LogP contribution in [0.4, 0.5) is 0 Å². The maximum Gasteiger partial charge on any atom is 0.106 e. The number of benzene rings is 1. The lowest BCUT2D eigenvalue weighted by atomic mass is 9.76. The lowest BCUT2D eigenvalue weighted by Gasteiger charge is -2.49. The molecule has 4 rings (SSSR count). The van der Waals surface area contributed by atoms with E-state index in [1.165, 1.54) is 11.1 Å². The van der Waals surface area contributed by atoms with Gasteiger partial charge in [0.25, 0.3) is 0 Å². The Morgan fingerprint density at radius 2 is 2.00 bits per heavy atom. The van der Waals surface area contributed by atoms with E-state index in [0.29, 0.717) is 6.42 Å². The number of ether oxygens (including phenoxy) is 1. The predicted molar refractivity (Wildman–Crippen MR) is 103 cm³/mol. The van der Waals surface area contributed by atoms with Gasteiger partial charge >= 0.3 is 0 Å². The van der Waals surface area contributed by atoms with E-state index in [1.54, 1.807) is 6.92 Å². The Morgan fingerprint density at radius 1 is 1.26 bits per heavy atom. The van der Waals surface area contributed by atoms with Gasteiger partial charge in [0.1, 0.15) is 6.10 Å². The van der Waals surface area contributed by atoms with Crippen molar-refractivity contribution in [2.75, 3.05) is 19.7 Å². The Labute approximate surface area is 160 Å². The number of para-hydroxylation sites is 1. The minimum atomic E-state index is -1.06. The van der Waals surface area contributed by atoms with Crippen molar-refractivity contribution in [1.29, 1.82) is 0 Å². The molecule has 2 aromatic rings. The molecule has 2 aliphatic rings. The summed E-state index contributed by atoms with van der Waals surface area (Å²) in [5.74, 6) is 0. The van der Waals surface area contributed by atoms with Crippen molar-refractivity contribution in [2.45, 2.75) is 57.0 Å². The number of aliphatic hydroxyl groups is 2. The molecule has 3 heterocycles. The molecule has 0 aliphatic carbocycles. The number of rotatable bonds is 3. The average Bonchev–Trinajstić information content (AvgIpc) is 3.09. The van der Waals surface area contributed by atoms with E-state index >= 15 is 0 Å². The Morgan fingerprint density at radius 3 is 2.70 bits per heavy atom. The third kappa shape index (κ3) is 3.80. The Kier molecular flexibility index (Phi) is 4.84. The lowest BCUT2D eigenvalue weighted by molar-refractivity contribution is -0.223. The van der Waals surface area contributed by atoms with E-state index in [0.717, 1.165) is 38.2 Å². The van der Waals surface area contributed by atoms with Crippen LogP contribution in [0.15, 0.2) is 36.7 Å². The molecule has 0 amide bonds. The van der Waals surface area contributed by atoms with Crippen LogP contribution in [0.3, 0.4) is 0 Å². The highest BCUT2D eigenvalue weighted by Gasteiger charge is 2.48. The van der Waals surface area contributed by atoms with Crippen LogP contribution in [0.2, 0.25) is 0 Å². The summed E-state index contributed by atoms with van der Waals surface area (Å²) < 4.78 is 7.92. The topological polar surface area (TPSA) is 70.8 Å². The first kappa shape index (κ1) is 18.6. The molecule has 2 fully saturated rings. The third-order valence-electron chi connectivity index (χ3n) is 6.12. The second-order valence-corrected chi connectivity index (χ2v) is 8.40. The van der Waals surface area contributed by atoms with Gasteiger partial charge in [0.05, 0.1) is 29.7 Å². The highest BCUT2D eigenvalue weighted by Crippen LogP contribution is 2.39. The summed E-state index contributed by atoms with van der Waals surface area (Å²) in [5.41, 5.74) is 2.15. The number of hydrogen-bond donors (Lipinski definition) is 2. The summed E-state index contributed by atoms with van der Waals surface area (Å²) in [6.45, 7) is 6.73. The van der Waals surface area contributed by atoms with Crippen molar-refractivity contribution >= 4 is 0 Å². The number of aryl methyl sites for hydroxylation is 1. The molecule has 6 nitrogen and oxygen atoms in total. The molecular weight excluding hydrogens is 342 g/mol. The summed E-state index contributed by atoms with van der Waals surface area (Å²) in [5, 5.41) is 24.9. The van der Waals surface area contributed by atoms with Gasteiger partial charge in [0, 0.05) is 37.8 Å². The SMILES string of the molecule is Cc1ccccc1-n1cc(CN2CCC3(CC2)C[C@](C)(O)[C@@H](O)CO3)cn1. The lowest BCUT2D eigenvalue weighted by Crippen LogP contribution is -2.59. The molecule has 2 atom stereocenters. The summed E-state index contributed by atoms with van der Waals surface area (Å²) in [6.07, 6.45) is 5.50. The molecule has 6 heteroatoms. The molecular formula is C21H29N3O3. The summed E-state index contributed by atoms with van der Waals surface area (Å²) in [7, 11) is 0. The molecule has 2 N–H and O–H groups in total. The minimum Gasteiger partial charge on any atom is -0.388 e. The largest absolute Gasteiger partial charge is 0.388 e. The van der Waals surface area contributed by atoms with Crippen LogP contribution in [-0.4, -0.2) is 61.9 Å². The van der Waals surface area contributed by atoms with Gasteiger partial charge in [-0.3, -0.25) is 4.90 Å². The maximum absolute atomic E-state index is 10.4. The van der Waals surface area contributed by atoms with Gasteiger partial charge in [0.2, 0.25) is 0 Å². The fourth-order valence-corrected chi connectivity index (χ4v) is 4.35. The Hall–Kier alpha value is -1.73. The summed E-state index contributed by atoms with van der Waals surface area (Å²) in [6, 6.07) is 8.24. The van der Waals surface area contributed by atoms with E-state index in [-0.39, 0.29) is 12.2 Å². The number of piperidine rings is 1. The number of hydrogen-bond acceptors (Lipinski definition) is 5. The molecule has 0 unspecified atom stereocenters. The minimum absolute atomic E-state index is 0.218. The zero-order valence-electron chi connectivity index (χ0n) is 16.1. The summed E-state index contributed by atoms with van der Waals surface area (Å²) in [4.78, 5) is 2.41. The van der Waals surface area contributed by atoms with Crippen molar-refractivity contribution < 1.29 is 14.9 Å². The van der Waals surface area contributed by atoms with E-state index in [4.69, 9.17) is 4.74 Å². The highest BCUT2D eigenvalue weighted by atomic mass is 16.5. The molecule has 1 aromatic heterocycles. The van der Waals surface area contributed by atoms with Crippen molar-refractivity contribution in [3.8, 4) is 5.69 Å². The van der Waals surface area contributed by atoms with Gasteiger partial charge in [-0.05, 0) is 38.3 Å². The molecule has 2 saturated heterocycles. The monoisotopic (exact) mass is 371 g/mol. The van der Waals surface area contributed by atoms with E-state index in [2.05, 4.69) is 35.3 Å². The van der Waals surface area contributed by atoms with Gasteiger partial charge in [-0.15, -0.1) is 0 Å². The van der Waals surface area contributed by atoms with Crippen molar-refractivity contribution in [1.82, 2.24) is 14.7 Å². The fourth-order valence-electron chi connectivity index (χ4n) is 4.35. The van der Waals surface area contributed by atoms with Crippen LogP contribution < -0.4 is 0 Å². The zero-order chi connectivity index (χ0) is 19.1. The number of aromatic nitrogens is 2. The highest BCUT2D eigenvalue weighted by molar-refractivity contribution is 5.39. The first-order valence-electron chi connectivity index (χ1n) is 9.73. The van der Waals surface area contributed by atoms with Gasteiger partial charge in [-0.2, -0.15) is 5.10 Å². The van der Waals surface area contributed by atoms with E-state index in [9.17, 15) is 10.2 Å².